The third kappa shape index (κ3) is 16.7. The molecule has 0 spiro atoms. The SMILES string of the molecule is CCC(=O)CC.O=C(O)/C=C/C(=O)O. The normalized spacial score (nSPS) is 9.00. The summed E-state index contributed by atoms with van der Waals surface area (Å²) in [6, 6.07) is 0. The molecule has 0 unspecified atom stereocenters. The number of Topliss-reactive ketones (excluding diaryl/α,β-unsaturated/α-hetero) is 1. The van der Waals surface area contributed by atoms with Crippen LogP contribution in [0.1, 0.15) is 26.7 Å². The van der Waals surface area contributed by atoms with Crippen LogP contribution in [0.2, 0.25) is 0 Å². The number of ketones is 1. The van der Waals surface area contributed by atoms with Crippen LogP contribution in [0, 0.1) is 0 Å². The molecule has 0 aromatic heterocycles. The van der Waals surface area contributed by atoms with Crippen LogP contribution < -0.4 is 0 Å². The Morgan fingerprint density at radius 1 is 0.929 bits per heavy atom. The monoisotopic (exact) mass is 202 g/mol. The average Bonchev–Trinajstić information content (AvgIpc) is 2.14. The smallest absolute Gasteiger partial charge is 0.328 e. The van der Waals surface area contributed by atoms with Crippen molar-refractivity contribution < 1.29 is 24.6 Å². The molecule has 0 radical (unpaired) electrons. The van der Waals surface area contributed by atoms with Crippen LogP contribution in [0.4, 0.5) is 0 Å². The van der Waals surface area contributed by atoms with E-state index in [1.807, 2.05) is 13.8 Å². The zero-order valence-electron chi connectivity index (χ0n) is 8.19. The van der Waals surface area contributed by atoms with Gasteiger partial charge in [-0.3, -0.25) is 4.79 Å². The van der Waals surface area contributed by atoms with Crippen LogP contribution >= 0.6 is 0 Å². The Bertz CT molecular complexity index is 207. The molecular weight excluding hydrogens is 188 g/mol. The van der Waals surface area contributed by atoms with Crippen LogP contribution in [0.25, 0.3) is 0 Å². The molecule has 14 heavy (non-hydrogen) atoms. The molecule has 0 saturated carbocycles. The summed E-state index contributed by atoms with van der Waals surface area (Å²) in [5, 5.41) is 15.6. The number of carbonyl (C=O) groups is 3. The van der Waals surface area contributed by atoms with Gasteiger partial charge >= 0.3 is 11.9 Å². The molecule has 0 aliphatic carbocycles. The minimum Gasteiger partial charge on any atom is -0.478 e. The third-order valence-corrected chi connectivity index (χ3v) is 1.16. The van der Waals surface area contributed by atoms with Gasteiger partial charge < -0.3 is 10.2 Å². The number of rotatable bonds is 4. The van der Waals surface area contributed by atoms with Crippen molar-refractivity contribution in [2.75, 3.05) is 0 Å². The quantitative estimate of drug-likeness (QED) is 0.665. The lowest BCUT2D eigenvalue weighted by atomic mass is 10.3. The molecule has 0 aliphatic rings. The second kappa shape index (κ2) is 9.44. The Balaban J connectivity index is 0. The first-order valence-electron chi connectivity index (χ1n) is 4.09. The lowest BCUT2D eigenvalue weighted by Crippen LogP contribution is -1.91. The lowest BCUT2D eigenvalue weighted by molar-refractivity contribution is -0.134. The highest BCUT2D eigenvalue weighted by Gasteiger charge is 1.88. The highest BCUT2D eigenvalue weighted by molar-refractivity contribution is 5.89. The highest BCUT2D eigenvalue weighted by atomic mass is 16.4. The van der Waals surface area contributed by atoms with Crippen LogP contribution in [-0.2, 0) is 14.4 Å². The molecule has 0 aromatic rings. The van der Waals surface area contributed by atoms with E-state index >= 15 is 0 Å². The van der Waals surface area contributed by atoms with Crippen molar-refractivity contribution in [1.82, 2.24) is 0 Å². The summed E-state index contributed by atoms with van der Waals surface area (Å²) in [5.74, 6) is -2.17. The van der Waals surface area contributed by atoms with E-state index in [4.69, 9.17) is 10.2 Å². The van der Waals surface area contributed by atoms with Crippen molar-refractivity contribution in [2.24, 2.45) is 0 Å². The summed E-state index contributed by atoms with van der Waals surface area (Å²) < 4.78 is 0. The summed E-state index contributed by atoms with van der Waals surface area (Å²) in [7, 11) is 0. The molecule has 0 aromatic carbocycles. The predicted molar refractivity (Wildman–Crippen MR) is 50.0 cm³/mol. The van der Waals surface area contributed by atoms with Crippen LogP contribution in [0.3, 0.4) is 0 Å². The highest BCUT2D eigenvalue weighted by Crippen LogP contribution is 1.83. The van der Waals surface area contributed by atoms with E-state index in [1.54, 1.807) is 0 Å². The Labute approximate surface area is 82.0 Å². The zero-order chi connectivity index (χ0) is 11.6. The fourth-order valence-corrected chi connectivity index (χ4v) is 0.393. The van der Waals surface area contributed by atoms with Crippen molar-refractivity contribution >= 4 is 17.7 Å². The van der Waals surface area contributed by atoms with Gasteiger partial charge in [0, 0.05) is 25.0 Å². The van der Waals surface area contributed by atoms with Crippen LogP contribution in [0.15, 0.2) is 12.2 Å². The van der Waals surface area contributed by atoms with Crippen molar-refractivity contribution in [3.05, 3.63) is 12.2 Å². The van der Waals surface area contributed by atoms with E-state index in [-0.39, 0.29) is 0 Å². The molecule has 2 N–H and O–H groups in total. The Morgan fingerprint density at radius 2 is 1.21 bits per heavy atom. The first kappa shape index (κ1) is 14.9. The van der Waals surface area contributed by atoms with Crippen molar-refractivity contribution in [3.8, 4) is 0 Å². The lowest BCUT2D eigenvalue weighted by Gasteiger charge is -1.81. The van der Waals surface area contributed by atoms with Gasteiger partial charge in [-0.15, -0.1) is 0 Å². The molecule has 5 heteroatoms. The van der Waals surface area contributed by atoms with Gasteiger partial charge in [-0.05, 0) is 0 Å². The Morgan fingerprint density at radius 3 is 1.29 bits per heavy atom. The maximum Gasteiger partial charge on any atom is 0.328 e. The van der Waals surface area contributed by atoms with Gasteiger partial charge in [0.05, 0.1) is 0 Å². The molecule has 0 bridgehead atoms. The largest absolute Gasteiger partial charge is 0.478 e. The minimum atomic E-state index is -1.26. The van der Waals surface area contributed by atoms with Crippen LogP contribution in [0.5, 0.6) is 0 Å². The molecule has 5 nitrogen and oxygen atoms in total. The molecule has 0 amide bonds. The number of carboxylic acid groups (broad SMARTS) is 2. The average molecular weight is 202 g/mol. The number of hydrogen-bond acceptors (Lipinski definition) is 3. The van der Waals surface area contributed by atoms with Crippen molar-refractivity contribution in [3.63, 3.8) is 0 Å². The first-order chi connectivity index (χ1) is 6.43. The Kier molecular flexibility index (Phi) is 10.0. The fraction of sp³-hybridized carbons (Fsp3) is 0.444. The van der Waals surface area contributed by atoms with Crippen molar-refractivity contribution in [2.45, 2.75) is 26.7 Å². The van der Waals surface area contributed by atoms with Gasteiger partial charge in [0.15, 0.2) is 0 Å². The molecule has 0 heterocycles. The van der Waals surface area contributed by atoms with E-state index < -0.39 is 11.9 Å². The summed E-state index contributed by atoms with van der Waals surface area (Å²) in [6.07, 6.45) is 2.50. The number of carbonyl (C=O) groups excluding carboxylic acids is 1. The van der Waals surface area contributed by atoms with E-state index in [0.29, 0.717) is 30.8 Å². The van der Waals surface area contributed by atoms with E-state index in [1.165, 1.54) is 0 Å². The maximum absolute atomic E-state index is 10.2. The number of hydrogen-bond donors (Lipinski definition) is 2. The van der Waals surface area contributed by atoms with Gasteiger partial charge in [0.2, 0.25) is 0 Å². The summed E-state index contributed by atoms with van der Waals surface area (Å²) in [4.78, 5) is 29.3. The molecule has 0 saturated heterocycles. The second-order valence-corrected chi connectivity index (χ2v) is 2.26. The second-order valence-electron chi connectivity index (χ2n) is 2.26. The molecule has 0 aliphatic heterocycles. The molecule has 80 valence electrons. The van der Waals surface area contributed by atoms with E-state index in [2.05, 4.69) is 0 Å². The van der Waals surface area contributed by atoms with Gasteiger partial charge in [0.1, 0.15) is 5.78 Å². The van der Waals surface area contributed by atoms with Gasteiger partial charge in [-0.25, -0.2) is 9.59 Å². The molecule has 0 atom stereocenters. The molecule has 0 rings (SSSR count). The molecule has 0 fully saturated rings. The third-order valence-electron chi connectivity index (χ3n) is 1.16. The number of carboxylic acids is 2. The summed E-state index contributed by atoms with van der Waals surface area (Å²) in [6.45, 7) is 3.76. The standard InChI is InChI=1S/C5H10O.C4H4O4/c1-3-5(6)4-2;5-3(6)1-2-4(7)8/h3-4H2,1-2H3;1-2H,(H,5,6)(H,7,8)/b;2-1+. The predicted octanol–water partition coefficient (Wildman–Crippen LogP) is 1.09. The maximum atomic E-state index is 10.2. The zero-order valence-corrected chi connectivity index (χ0v) is 8.19. The Hall–Kier alpha value is -1.65. The van der Waals surface area contributed by atoms with Crippen LogP contribution in [-0.4, -0.2) is 27.9 Å². The van der Waals surface area contributed by atoms with E-state index in [9.17, 15) is 14.4 Å². The topological polar surface area (TPSA) is 91.7 Å². The fourth-order valence-electron chi connectivity index (χ4n) is 0.393. The first-order valence-corrected chi connectivity index (χ1v) is 4.09. The van der Waals surface area contributed by atoms with Crippen molar-refractivity contribution in [1.29, 1.82) is 0 Å². The van der Waals surface area contributed by atoms with Gasteiger partial charge in [0.25, 0.3) is 0 Å². The molecular formula is C9H14O5. The van der Waals surface area contributed by atoms with E-state index in [0.717, 1.165) is 0 Å². The minimum absolute atomic E-state index is 0.343. The summed E-state index contributed by atoms with van der Waals surface area (Å²) in [5.41, 5.74) is 0. The number of aliphatic carboxylic acids is 2. The van der Waals surface area contributed by atoms with Gasteiger partial charge in [-0.2, -0.15) is 0 Å². The summed E-state index contributed by atoms with van der Waals surface area (Å²) >= 11 is 0. The van der Waals surface area contributed by atoms with Gasteiger partial charge in [-0.1, -0.05) is 13.8 Å².